The van der Waals surface area contributed by atoms with Gasteiger partial charge < -0.3 is 30.3 Å². The Morgan fingerprint density at radius 2 is 1.63 bits per heavy atom. The molecule has 0 saturated heterocycles. The SMILES string of the molecule is COc1cccc(/C=C(\NC(=O)c2ccccc2)C(=O)Nc2cccc(SC(C(=O)Nc3sc4c(c3C#N)CCN(C(=O)OC(C)(C)C)C4)c3ccccc3)c2)c1. The Labute approximate surface area is 339 Å². The largest absolute Gasteiger partial charge is 0.497 e. The fraction of sp³-hybridized carbons (Fsp3) is 0.205. The van der Waals surface area contributed by atoms with Crippen molar-refractivity contribution in [2.24, 2.45) is 0 Å². The number of hydrogen-bond acceptors (Lipinski definition) is 9. The maximum absolute atomic E-state index is 14.2. The molecule has 4 aromatic carbocycles. The average molecular weight is 800 g/mol. The van der Waals surface area contributed by atoms with Crippen LogP contribution in [-0.4, -0.2) is 48.0 Å². The van der Waals surface area contributed by atoms with Crippen LogP contribution in [-0.2, 0) is 27.3 Å². The molecule has 1 aromatic heterocycles. The first-order valence-corrected chi connectivity index (χ1v) is 19.8. The lowest BCUT2D eigenvalue weighted by atomic mass is 10.0. The van der Waals surface area contributed by atoms with Crippen molar-refractivity contribution in [3.8, 4) is 11.8 Å². The van der Waals surface area contributed by atoms with Crippen molar-refractivity contribution in [3.63, 3.8) is 0 Å². The van der Waals surface area contributed by atoms with E-state index in [1.807, 2.05) is 57.2 Å². The Hall–Kier alpha value is -6.36. The van der Waals surface area contributed by atoms with Gasteiger partial charge in [-0.3, -0.25) is 14.4 Å². The van der Waals surface area contributed by atoms with Crippen molar-refractivity contribution >= 4 is 63.7 Å². The molecular weight excluding hydrogens is 759 g/mol. The third-order valence-electron chi connectivity index (χ3n) is 8.68. The van der Waals surface area contributed by atoms with Crippen molar-refractivity contribution in [2.75, 3.05) is 24.3 Å². The molecule has 290 valence electrons. The van der Waals surface area contributed by atoms with Gasteiger partial charge in [0.1, 0.15) is 33.4 Å². The highest BCUT2D eigenvalue weighted by Crippen LogP contribution is 2.41. The highest BCUT2D eigenvalue weighted by Gasteiger charge is 2.31. The number of methoxy groups -OCH3 is 1. The zero-order valence-corrected chi connectivity index (χ0v) is 33.5. The second-order valence-electron chi connectivity index (χ2n) is 14.0. The highest BCUT2D eigenvalue weighted by molar-refractivity contribution is 8.00. The van der Waals surface area contributed by atoms with Crippen LogP contribution in [0.2, 0.25) is 0 Å². The van der Waals surface area contributed by atoms with Gasteiger partial charge in [-0.25, -0.2) is 4.79 Å². The number of carbonyl (C=O) groups is 4. The van der Waals surface area contributed by atoms with E-state index in [-0.39, 0.29) is 18.1 Å². The van der Waals surface area contributed by atoms with Crippen LogP contribution in [0.25, 0.3) is 6.08 Å². The van der Waals surface area contributed by atoms with E-state index < -0.39 is 28.8 Å². The Kier molecular flexibility index (Phi) is 12.8. The van der Waals surface area contributed by atoms with Crippen LogP contribution >= 0.6 is 23.1 Å². The Morgan fingerprint density at radius 1 is 0.912 bits per heavy atom. The quantitative estimate of drug-likeness (QED) is 0.0887. The van der Waals surface area contributed by atoms with E-state index in [0.717, 1.165) is 16.0 Å². The first kappa shape index (κ1) is 40.3. The molecule has 0 spiro atoms. The van der Waals surface area contributed by atoms with Gasteiger partial charge in [-0.2, -0.15) is 5.26 Å². The summed E-state index contributed by atoms with van der Waals surface area (Å²) in [4.78, 5) is 57.1. The van der Waals surface area contributed by atoms with Gasteiger partial charge in [0, 0.05) is 27.6 Å². The molecule has 1 aliphatic heterocycles. The zero-order chi connectivity index (χ0) is 40.5. The summed E-state index contributed by atoms with van der Waals surface area (Å²) in [6, 6.07) is 34.3. The molecule has 0 saturated carbocycles. The van der Waals surface area contributed by atoms with Crippen molar-refractivity contribution < 1.29 is 28.7 Å². The first-order valence-electron chi connectivity index (χ1n) is 18.1. The number of hydrogen-bond donors (Lipinski definition) is 3. The number of ether oxygens (including phenoxy) is 2. The number of rotatable bonds is 11. The Morgan fingerprint density at radius 3 is 2.33 bits per heavy atom. The molecule has 57 heavy (non-hydrogen) atoms. The second-order valence-corrected chi connectivity index (χ2v) is 16.3. The minimum Gasteiger partial charge on any atom is -0.497 e. The van der Waals surface area contributed by atoms with Crippen LogP contribution in [0, 0.1) is 11.3 Å². The number of fused-ring (bicyclic) bond motifs is 1. The van der Waals surface area contributed by atoms with Gasteiger partial charge in [-0.05, 0) is 92.4 Å². The van der Waals surface area contributed by atoms with E-state index in [9.17, 15) is 24.4 Å². The molecule has 0 radical (unpaired) electrons. The second kappa shape index (κ2) is 18.1. The number of benzene rings is 4. The third-order valence-corrected chi connectivity index (χ3v) is 11.1. The maximum Gasteiger partial charge on any atom is 0.410 e. The molecule has 0 aliphatic carbocycles. The maximum atomic E-state index is 14.2. The number of nitrogens with one attached hydrogen (secondary N) is 3. The molecule has 1 atom stereocenters. The number of thioether (sulfide) groups is 1. The fourth-order valence-corrected chi connectivity index (χ4v) is 8.29. The van der Waals surface area contributed by atoms with E-state index in [0.29, 0.717) is 51.0 Å². The van der Waals surface area contributed by atoms with Crippen LogP contribution in [0.4, 0.5) is 15.5 Å². The molecule has 3 N–H and O–H groups in total. The smallest absolute Gasteiger partial charge is 0.410 e. The zero-order valence-electron chi connectivity index (χ0n) is 31.8. The summed E-state index contributed by atoms with van der Waals surface area (Å²) in [5.41, 5.74) is 2.79. The molecule has 11 nitrogen and oxygen atoms in total. The van der Waals surface area contributed by atoms with Crippen molar-refractivity contribution in [1.29, 1.82) is 5.26 Å². The summed E-state index contributed by atoms with van der Waals surface area (Å²) in [6.07, 6.45) is 1.61. The molecule has 6 rings (SSSR count). The Balaban J connectivity index is 1.22. The molecule has 1 aliphatic rings. The lowest BCUT2D eigenvalue weighted by Crippen LogP contribution is -2.39. The third kappa shape index (κ3) is 10.5. The van der Waals surface area contributed by atoms with E-state index in [1.54, 1.807) is 90.9 Å². The predicted molar refractivity (Wildman–Crippen MR) is 223 cm³/mol. The topological polar surface area (TPSA) is 150 Å². The lowest BCUT2D eigenvalue weighted by Gasteiger charge is -2.29. The molecule has 0 bridgehead atoms. The number of nitrogens with zero attached hydrogens (tertiary/aromatic N) is 2. The molecule has 0 fully saturated rings. The summed E-state index contributed by atoms with van der Waals surface area (Å²) in [7, 11) is 1.55. The minimum absolute atomic E-state index is 0.0119. The molecule has 5 aromatic rings. The fourth-order valence-electron chi connectivity index (χ4n) is 5.99. The molecular formula is C44H41N5O6S2. The van der Waals surface area contributed by atoms with Crippen LogP contribution in [0.1, 0.15) is 63.5 Å². The monoisotopic (exact) mass is 799 g/mol. The Bertz CT molecular complexity index is 2350. The summed E-state index contributed by atoms with van der Waals surface area (Å²) in [5.74, 6) is -0.760. The van der Waals surface area contributed by atoms with Crippen LogP contribution in [0.3, 0.4) is 0 Å². The summed E-state index contributed by atoms with van der Waals surface area (Å²) in [5, 5.41) is 18.5. The van der Waals surface area contributed by atoms with Gasteiger partial charge in [0.05, 0.1) is 19.2 Å². The minimum atomic E-state index is -0.741. The number of nitriles is 1. The molecule has 4 amide bonds. The van der Waals surface area contributed by atoms with E-state index in [1.165, 1.54) is 23.1 Å². The lowest BCUT2D eigenvalue weighted by molar-refractivity contribution is -0.116. The average Bonchev–Trinajstić information content (AvgIpc) is 3.55. The van der Waals surface area contributed by atoms with Gasteiger partial charge in [0.25, 0.3) is 11.8 Å². The van der Waals surface area contributed by atoms with Gasteiger partial charge in [-0.1, -0.05) is 66.7 Å². The van der Waals surface area contributed by atoms with E-state index >= 15 is 0 Å². The van der Waals surface area contributed by atoms with Crippen molar-refractivity contribution in [3.05, 3.63) is 148 Å². The highest BCUT2D eigenvalue weighted by atomic mass is 32.2. The standard InChI is InChI=1S/C44H41N5O6S2/c1-44(2,3)55-43(53)49-22-21-34-35(26-45)42(57-37(34)27-49)48-41(52)38(29-14-7-5-8-15-29)56-33-20-12-18-31(25-33)46-40(51)36(24-28-13-11-19-32(23-28)54-4)47-39(50)30-16-9-6-10-17-30/h5-20,23-25,38H,21-22,27H2,1-4H3,(H,46,51)(H,47,50)(H,48,52)/b36-24-. The molecule has 13 heteroatoms. The molecule has 2 heterocycles. The number of anilines is 2. The summed E-state index contributed by atoms with van der Waals surface area (Å²) in [6.45, 7) is 6.11. The normalized spacial score (nSPS) is 13.0. The van der Waals surface area contributed by atoms with Gasteiger partial charge in [0.2, 0.25) is 5.91 Å². The predicted octanol–water partition coefficient (Wildman–Crippen LogP) is 8.80. The van der Waals surface area contributed by atoms with Gasteiger partial charge in [-0.15, -0.1) is 23.1 Å². The summed E-state index contributed by atoms with van der Waals surface area (Å²) < 4.78 is 10.9. The number of thiophene rings is 1. The number of carbonyl (C=O) groups excluding carboxylic acids is 4. The van der Waals surface area contributed by atoms with E-state index in [4.69, 9.17) is 9.47 Å². The van der Waals surface area contributed by atoms with E-state index in [2.05, 4.69) is 22.0 Å². The van der Waals surface area contributed by atoms with Gasteiger partial charge >= 0.3 is 6.09 Å². The van der Waals surface area contributed by atoms with Crippen LogP contribution < -0.4 is 20.7 Å². The molecule has 1 unspecified atom stereocenters. The van der Waals surface area contributed by atoms with Crippen LogP contribution in [0.5, 0.6) is 5.75 Å². The summed E-state index contributed by atoms with van der Waals surface area (Å²) >= 11 is 2.57. The van der Waals surface area contributed by atoms with Gasteiger partial charge in [0.15, 0.2) is 0 Å². The van der Waals surface area contributed by atoms with Crippen LogP contribution in [0.15, 0.2) is 120 Å². The van der Waals surface area contributed by atoms with Crippen molar-refractivity contribution in [1.82, 2.24) is 10.2 Å². The first-order chi connectivity index (χ1) is 27.4. The van der Waals surface area contributed by atoms with Crippen molar-refractivity contribution in [2.45, 2.75) is 49.5 Å². The number of amides is 4.